The zero-order chi connectivity index (χ0) is 19.4. The maximum atomic E-state index is 13.2. The van der Waals surface area contributed by atoms with Crippen LogP contribution in [0.15, 0.2) is 42.5 Å². The van der Waals surface area contributed by atoms with Crippen molar-refractivity contribution in [2.75, 3.05) is 25.5 Å². The Morgan fingerprint density at radius 3 is 2.59 bits per heavy atom. The molecule has 0 bridgehead atoms. The molecule has 2 aromatic carbocycles. The molecule has 5 nitrogen and oxygen atoms in total. The molecule has 0 spiro atoms. The number of benzene rings is 2. The molecule has 7 heteroatoms. The van der Waals surface area contributed by atoms with Crippen LogP contribution in [0.2, 0.25) is 5.02 Å². The molecule has 1 aliphatic heterocycles. The summed E-state index contributed by atoms with van der Waals surface area (Å²) in [6, 6.07) is 11.1. The summed E-state index contributed by atoms with van der Waals surface area (Å²) in [5.41, 5.74) is 1.03. The highest BCUT2D eigenvalue weighted by molar-refractivity contribution is 6.31. The molecule has 0 saturated carbocycles. The molecule has 1 fully saturated rings. The van der Waals surface area contributed by atoms with Gasteiger partial charge in [0.15, 0.2) is 0 Å². The molecule has 0 atom stereocenters. The minimum atomic E-state index is -0.529. The van der Waals surface area contributed by atoms with Gasteiger partial charge in [-0.05, 0) is 49.2 Å². The van der Waals surface area contributed by atoms with Gasteiger partial charge in [-0.25, -0.2) is 4.39 Å². The van der Waals surface area contributed by atoms with Gasteiger partial charge >= 0.3 is 0 Å². The van der Waals surface area contributed by atoms with E-state index >= 15 is 0 Å². The van der Waals surface area contributed by atoms with E-state index in [1.807, 2.05) is 0 Å². The molecule has 142 valence electrons. The van der Waals surface area contributed by atoms with Crippen molar-refractivity contribution in [3.8, 4) is 5.75 Å². The van der Waals surface area contributed by atoms with E-state index in [4.69, 9.17) is 16.3 Å². The van der Waals surface area contributed by atoms with Gasteiger partial charge in [0.2, 0.25) is 5.91 Å². The summed E-state index contributed by atoms with van der Waals surface area (Å²) in [4.78, 5) is 26.8. The van der Waals surface area contributed by atoms with Crippen LogP contribution in [-0.2, 0) is 4.79 Å². The number of carbonyl (C=O) groups is 2. The summed E-state index contributed by atoms with van der Waals surface area (Å²) in [6.45, 7) is 0.997. The number of halogens is 2. The molecule has 1 aliphatic rings. The number of ether oxygens (including phenoxy) is 1. The average Bonchev–Trinajstić information content (AvgIpc) is 2.70. The van der Waals surface area contributed by atoms with Crippen molar-refractivity contribution in [2.24, 2.45) is 5.92 Å². The number of amides is 2. The smallest absolute Gasteiger partial charge is 0.253 e. The topological polar surface area (TPSA) is 58.6 Å². The first kappa shape index (κ1) is 19.2. The number of likely N-dealkylation sites (tertiary alicyclic amines) is 1. The van der Waals surface area contributed by atoms with Gasteiger partial charge in [-0.15, -0.1) is 0 Å². The van der Waals surface area contributed by atoms with Gasteiger partial charge in [-0.2, -0.15) is 0 Å². The first-order valence-electron chi connectivity index (χ1n) is 8.67. The molecule has 2 amide bonds. The molecule has 3 rings (SSSR count). The standard InChI is InChI=1S/C20H20ClFN2O3/c1-27-16-4-2-3-14(11-16)20(26)24-9-7-13(8-10-24)19(25)23-15-5-6-18(22)17(21)12-15/h2-6,11-13H,7-10H2,1H3,(H,23,25). The number of rotatable bonds is 4. The van der Waals surface area contributed by atoms with Gasteiger partial charge in [-0.3, -0.25) is 9.59 Å². The van der Waals surface area contributed by atoms with Crippen LogP contribution >= 0.6 is 11.6 Å². The molecular weight excluding hydrogens is 371 g/mol. The predicted molar refractivity (Wildman–Crippen MR) is 102 cm³/mol. The summed E-state index contributed by atoms with van der Waals surface area (Å²) >= 11 is 5.74. The number of hydrogen-bond donors (Lipinski definition) is 1. The quantitative estimate of drug-likeness (QED) is 0.859. The monoisotopic (exact) mass is 390 g/mol. The third-order valence-corrected chi connectivity index (χ3v) is 4.95. The minimum Gasteiger partial charge on any atom is -0.497 e. The number of piperidine rings is 1. The fourth-order valence-corrected chi connectivity index (χ4v) is 3.28. The molecule has 1 heterocycles. The Hall–Kier alpha value is -2.60. The van der Waals surface area contributed by atoms with Gasteiger partial charge in [0, 0.05) is 30.3 Å². The van der Waals surface area contributed by atoms with Crippen molar-refractivity contribution in [1.29, 1.82) is 0 Å². The van der Waals surface area contributed by atoms with Crippen molar-refractivity contribution in [3.05, 3.63) is 58.9 Å². The summed E-state index contributed by atoms with van der Waals surface area (Å²) in [6.07, 6.45) is 1.13. The third kappa shape index (κ3) is 4.57. The largest absolute Gasteiger partial charge is 0.497 e. The number of methoxy groups -OCH3 is 1. The Kier molecular flexibility index (Phi) is 5.96. The fraction of sp³-hybridized carbons (Fsp3) is 0.300. The second-order valence-corrected chi connectivity index (χ2v) is 6.82. The van der Waals surface area contributed by atoms with Crippen LogP contribution in [0.5, 0.6) is 5.75 Å². The zero-order valence-corrected chi connectivity index (χ0v) is 15.6. The van der Waals surface area contributed by atoms with Crippen LogP contribution in [0.1, 0.15) is 23.2 Å². The first-order valence-corrected chi connectivity index (χ1v) is 9.05. The van der Waals surface area contributed by atoms with Gasteiger partial charge in [-0.1, -0.05) is 17.7 Å². The normalized spacial score (nSPS) is 14.7. The molecule has 0 aliphatic carbocycles. The van der Waals surface area contributed by atoms with E-state index in [2.05, 4.69) is 5.32 Å². The highest BCUT2D eigenvalue weighted by Crippen LogP contribution is 2.24. The Morgan fingerprint density at radius 1 is 1.19 bits per heavy atom. The van der Waals surface area contributed by atoms with Crippen molar-refractivity contribution in [3.63, 3.8) is 0 Å². The minimum absolute atomic E-state index is 0.0356. The van der Waals surface area contributed by atoms with Crippen LogP contribution in [0.3, 0.4) is 0 Å². The van der Waals surface area contributed by atoms with Gasteiger partial charge in [0.05, 0.1) is 12.1 Å². The van der Waals surface area contributed by atoms with Crippen molar-refractivity contribution >= 4 is 29.1 Å². The lowest BCUT2D eigenvalue weighted by molar-refractivity contribution is -0.121. The van der Waals surface area contributed by atoms with E-state index in [0.29, 0.717) is 42.9 Å². The summed E-state index contributed by atoms with van der Waals surface area (Å²) in [7, 11) is 1.56. The lowest BCUT2D eigenvalue weighted by Gasteiger charge is -2.31. The van der Waals surface area contributed by atoms with Gasteiger partial charge < -0.3 is 15.0 Å². The average molecular weight is 391 g/mol. The molecule has 2 aromatic rings. The Balaban J connectivity index is 1.56. The lowest BCUT2D eigenvalue weighted by Crippen LogP contribution is -2.41. The first-order chi connectivity index (χ1) is 13.0. The third-order valence-electron chi connectivity index (χ3n) is 4.66. The zero-order valence-electron chi connectivity index (χ0n) is 14.9. The van der Waals surface area contributed by atoms with Gasteiger partial charge in [0.25, 0.3) is 5.91 Å². The molecule has 0 unspecified atom stereocenters. The van der Waals surface area contributed by atoms with Crippen LogP contribution in [0, 0.1) is 11.7 Å². The molecular formula is C20H20ClFN2O3. The fourth-order valence-electron chi connectivity index (χ4n) is 3.10. The summed E-state index contributed by atoms with van der Waals surface area (Å²) in [5.74, 6) is -0.320. The molecule has 1 N–H and O–H groups in total. The van der Waals surface area contributed by atoms with E-state index < -0.39 is 5.82 Å². The maximum absolute atomic E-state index is 13.2. The Morgan fingerprint density at radius 2 is 1.93 bits per heavy atom. The number of carbonyl (C=O) groups excluding carboxylic acids is 2. The predicted octanol–water partition coefficient (Wildman–Crippen LogP) is 3.98. The highest BCUT2D eigenvalue weighted by Gasteiger charge is 2.28. The number of nitrogens with zero attached hydrogens (tertiary/aromatic N) is 1. The summed E-state index contributed by atoms with van der Waals surface area (Å²) < 4.78 is 18.4. The molecule has 0 radical (unpaired) electrons. The Labute approximate surface area is 162 Å². The second-order valence-electron chi connectivity index (χ2n) is 6.42. The SMILES string of the molecule is COc1cccc(C(=O)N2CCC(C(=O)Nc3ccc(F)c(Cl)c3)CC2)c1. The molecule has 0 aromatic heterocycles. The van der Waals surface area contributed by atoms with Crippen LogP contribution in [-0.4, -0.2) is 36.9 Å². The number of nitrogens with one attached hydrogen (secondary N) is 1. The van der Waals surface area contributed by atoms with E-state index in [9.17, 15) is 14.0 Å². The van der Waals surface area contributed by atoms with E-state index in [1.54, 1.807) is 36.3 Å². The van der Waals surface area contributed by atoms with E-state index in [1.165, 1.54) is 18.2 Å². The van der Waals surface area contributed by atoms with Crippen molar-refractivity contribution in [1.82, 2.24) is 4.90 Å². The molecule has 1 saturated heterocycles. The number of anilines is 1. The van der Waals surface area contributed by atoms with Crippen molar-refractivity contribution in [2.45, 2.75) is 12.8 Å². The van der Waals surface area contributed by atoms with E-state index in [0.717, 1.165) is 0 Å². The summed E-state index contributed by atoms with van der Waals surface area (Å²) in [5, 5.41) is 2.72. The highest BCUT2D eigenvalue weighted by atomic mass is 35.5. The lowest BCUT2D eigenvalue weighted by atomic mass is 9.95. The van der Waals surface area contributed by atoms with Crippen LogP contribution < -0.4 is 10.1 Å². The molecule has 27 heavy (non-hydrogen) atoms. The van der Waals surface area contributed by atoms with E-state index in [-0.39, 0.29) is 22.8 Å². The van der Waals surface area contributed by atoms with Crippen molar-refractivity contribution < 1.29 is 18.7 Å². The Bertz CT molecular complexity index is 851. The second kappa shape index (κ2) is 8.39. The van der Waals surface area contributed by atoms with Gasteiger partial charge in [0.1, 0.15) is 11.6 Å². The number of hydrogen-bond acceptors (Lipinski definition) is 3. The van der Waals surface area contributed by atoms with Crippen LogP contribution in [0.4, 0.5) is 10.1 Å². The maximum Gasteiger partial charge on any atom is 0.253 e. The van der Waals surface area contributed by atoms with Crippen LogP contribution in [0.25, 0.3) is 0 Å².